The molecule has 0 saturated carbocycles. The molecule has 5 nitrogen and oxygen atoms in total. The van der Waals surface area contributed by atoms with Gasteiger partial charge in [0, 0.05) is 39.2 Å². The van der Waals surface area contributed by atoms with E-state index in [1.807, 2.05) is 18.7 Å². The Bertz CT molecular complexity index is 221. The molecule has 2 N–H and O–H groups in total. The maximum atomic E-state index is 11.7. The Balaban J connectivity index is 3.49. The summed E-state index contributed by atoms with van der Waals surface area (Å²) >= 11 is 0. The number of carbonyl (C=O) groups is 1. The van der Waals surface area contributed by atoms with Gasteiger partial charge in [-0.1, -0.05) is 13.3 Å². The van der Waals surface area contributed by atoms with Gasteiger partial charge >= 0.3 is 0 Å². The second-order valence-corrected chi connectivity index (χ2v) is 4.60. The van der Waals surface area contributed by atoms with Crippen molar-refractivity contribution in [2.75, 3.05) is 39.4 Å². The molecule has 0 saturated heterocycles. The van der Waals surface area contributed by atoms with E-state index in [9.17, 15) is 9.90 Å². The van der Waals surface area contributed by atoms with Crippen LogP contribution in [0.5, 0.6) is 0 Å². The predicted molar refractivity (Wildman–Crippen MR) is 77.1 cm³/mol. The lowest BCUT2D eigenvalue weighted by molar-refractivity contribution is -0.130. The number of rotatable bonds is 12. The zero-order chi connectivity index (χ0) is 14.5. The third-order valence-electron chi connectivity index (χ3n) is 2.96. The van der Waals surface area contributed by atoms with E-state index in [0.29, 0.717) is 32.7 Å². The molecule has 19 heavy (non-hydrogen) atoms. The molecule has 114 valence electrons. The standard InChI is InChI=1S/C14H30N2O3/c1-4-7-10-19-12-13(17)11-15-9-8-14(18)16(5-2)6-3/h13,15,17H,4-12H2,1-3H3. The van der Waals surface area contributed by atoms with Gasteiger partial charge in [0.15, 0.2) is 0 Å². The van der Waals surface area contributed by atoms with Crippen LogP contribution in [0.3, 0.4) is 0 Å². The number of hydrogen-bond donors (Lipinski definition) is 2. The van der Waals surface area contributed by atoms with E-state index >= 15 is 0 Å². The lowest BCUT2D eigenvalue weighted by atomic mass is 10.3. The molecular weight excluding hydrogens is 244 g/mol. The van der Waals surface area contributed by atoms with Crippen LogP contribution < -0.4 is 5.32 Å². The first-order chi connectivity index (χ1) is 9.15. The fourth-order valence-corrected chi connectivity index (χ4v) is 1.72. The van der Waals surface area contributed by atoms with E-state index in [1.165, 1.54) is 0 Å². The molecule has 0 aromatic carbocycles. The van der Waals surface area contributed by atoms with Gasteiger partial charge in [-0.15, -0.1) is 0 Å². The van der Waals surface area contributed by atoms with Gasteiger partial charge in [0.1, 0.15) is 0 Å². The van der Waals surface area contributed by atoms with E-state index in [4.69, 9.17) is 4.74 Å². The van der Waals surface area contributed by atoms with Gasteiger partial charge in [-0.25, -0.2) is 0 Å². The van der Waals surface area contributed by atoms with Crippen molar-refractivity contribution in [1.29, 1.82) is 0 Å². The van der Waals surface area contributed by atoms with Crippen LogP contribution in [0.2, 0.25) is 0 Å². The maximum absolute atomic E-state index is 11.7. The monoisotopic (exact) mass is 274 g/mol. The normalized spacial score (nSPS) is 12.4. The molecule has 1 atom stereocenters. The first-order valence-corrected chi connectivity index (χ1v) is 7.39. The van der Waals surface area contributed by atoms with Crippen LogP contribution >= 0.6 is 0 Å². The van der Waals surface area contributed by atoms with Gasteiger partial charge in [-0.3, -0.25) is 4.79 Å². The first-order valence-electron chi connectivity index (χ1n) is 7.39. The molecule has 1 amide bonds. The zero-order valence-electron chi connectivity index (χ0n) is 12.7. The van der Waals surface area contributed by atoms with Gasteiger partial charge < -0.3 is 20.1 Å². The highest BCUT2D eigenvalue weighted by atomic mass is 16.5. The minimum Gasteiger partial charge on any atom is -0.389 e. The molecule has 5 heteroatoms. The van der Waals surface area contributed by atoms with Crippen LogP contribution in [0.25, 0.3) is 0 Å². The van der Waals surface area contributed by atoms with Crippen molar-refractivity contribution >= 4 is 5.91 Å². The summed E-state index contributed by atoms with van der Waals surface area (Å²) in [5.41, 5.74) is 0. The molecular formula is C14H30N2O3. The van der Waals surface area contributed by atoms with E-state index in [-0.39, 0.29) is 5.91 Å². The molecule has 0 fully saturated rings. The highest BCUT2D eigenvalue weighted by Gasteiger charge is 2.09. The third-order valence-corrected chi connectivity index (χ3v) is 2.96. The smallest absolute Gasteiger partial charge is 0.223 e. The Morgan fingerprint density at radius 1 is 1.32 bits per heavy atom. The lowest BCUT2D eigenvalue weighted by Gasteiger charge is -2.19. The summed E-state index contributed by atoms with van der Waals surface area (Å²) in [6.07, 6.45) is 2.10. The van der Waals surface area contributed by atoms with Crippen LogP contribution in [0.15, 0.2) is 0 Å². The molecule has 0 radical (unpaired) electrons. The van der Waals surface area contributed by atoms with Crippen molar-refractivity contribution in [2.24, 2.45) is 0 Å². The quantitative estimate of drug-likeness (QED) is 0.522. The van der Waals surface area contributed by atoms with Crippen LogP contribution in [-0.2, 0) is 9.53 Å². The van der Waals surface area contributed by atoms with Gasteiger partial charge in [-0.2, -0.15) is 0 Å². The van der Waals surface area contributed by atoms with Crippen molar-refractivity contribution in [2.45, 2.75) is 46.1 Å². The summed E-state index contributed by atoms with van der Waals surface area (Å²) in [6, 6.07) is 0. The number of nitrogens with zero attached hydrogens (tertiary/aromatic N) is 1. The van der Waals surface area contributed by atoms with Crippen LogP contribution in [0.1, 0.15) is 40.0 Å². The van der Waals surface area contributed by atoms with E-state index in [2.05, 4.69) is 12.2 Å². The third kappa shape index (κ3) is 9.87. The summed E-state index contributed by atoms with van der Waals surface area (Å²) in [7, 11) is 0. The zero-order valence-corrected chi connectivity index (χ0v) is 12.7. The number of carbonyl (C=O) groups excluding carboxylic acids is 1. The average Bonchev–Trinajstić information content (AvgIpc) is 2.41. The molecule has 0 rings (SSSR count). The fraction of sp³-hybridized carbons (Fsp3) is 0.929. The predicted octanol–water partition coefficient (Wildman–Crippen LogP) is 1.01. The first kappa shape index (κ1) is 18.4. The van der Waals surface area contributed by atoms with Crippen LogP contribution in [-0.4, -0.2) is 61.4 Å². The van der Waals surface area contributed by atoms with E-state index in [1.54, 1.807) is 0 Å². The summed E-state index contributed by atoms with van der Waals surface area (Å²) in [5, 5.41) is 12.7. The Labute approximate surface area is 117 Å². The van der Waals surface area contributed by atoms with Gasteiger partial charge in [0.25, 0.3) is 0 Å². The number of unbranched alkanes of at least 4 members (excludes halogenated alkanes) is 1. The molecule has 0 aliphatic rings. The lowest BCUT2D eigenvalue weighted by Crippen LogP contribution is -2.35. The summed E-state index contributed by atoms with van der Waals surface area (Å²) in [5.74, 6) is 0.159. The highest BCUT2D eigenvalue weighted by molar-refractivity contribution is 5.76. The van der Waals surface area contributed by atoms with Crippen LogP contribution in [0, 0.1) is 0 Å². The highest BCUT2D eigenvalue weighted by Crippen LogP contribution is 1.93. The van der Waals surface area contributed by atoms with Crippen molar-refractivity contribution < 1.29 is 14.6 Å². The number of amides is 1. The molecule has 0 spiro atoms. The largest absolute Gasteiger partial charge is 0.389 e. The Morgan fingerprint density at radius 3 is 2.58 bits per heavy atom. The SMILES string of the molecule is CCCCOCC(O)CNCCC(=O)N(CC)CC. The molecule has 0 aliphatic heterocycles. The van der Waals surface area contributed by atoms with Crippen molar-refractivity contribution in [3.05, 3.63) is 0 Å². The number of hydrogen-bond acceptors (Lipinski definition) is 4. The van der Waals surface area contributed by atoms with Crippen LogP contribution in [0.4, 0.5) is 0 Å². The Hall–Kier alpha value is -0.650. The Morgan fingerprint density at radius 2 is 2.00 bits per heavy atom. The Kier molecular flexibility index (Phi) is 12.0. The molecule has 1 unspecified atom stereocenters. The summed E-state index contributed by atoms with van der Waals surface area (Å²) in [6.45, 7) is 9.70. The minimum absolute atomic E-state index is 0.159. The number of aliphatic hydroxyl groups is 1. The minimum atomic E-state index is -0.500. The van der Waals surface area contributed by atoms with E-state index in [0.717, 1.165) is 25.9 Å². The second-order valence-electron chi connectivity index (χ2n) is 4.60. The number of nitrogens with one attached hydrogen (secondary N) is 1. The molecule has 0 heterocycles. The van der Waals surface area contributed by atoms with Crippen molar-refractivity contribution in [3.63, 3.8) is 0 Å². The number of ether oxygens (including phenoxy) is 1. The molecule has 0 aromatic heterocycles. The van der Waals surface area contributed by atoms with Crippen molar-refractivity contribution in [1.82, 2.24) is 10.2 Å². The van der Waals surface area contributed by atoms with E-state index < -0.39 is 6.10 Å². The van der Waals surface area contributed by atoms with Gasteiger partial charge in [0.05, 0.1) is 12.7 Å². The summed E-state index contributed by atoms with van der Waals surface area (Å²) < 4.78 is 5.32. The number of aliphatic hydroxyl groups excluding tert-OH is 1. The van der Waals surface area contributed by atoms with Gasteiger partial charge in [0.2, 0.25) is 5.91 Å². The maximum Gasteiger partial charge on any atom is 0.223 e. The molecule has 0 aromatic rings. The molecule has 0 aliphatic carbocycles. The van der Waals surface area contributed by atoms with Crippen molar-refractivity contribution in [3.8, 4) is 0 Å². The fourth-order valence-electron chi connectivity index (χ4n) is 1.72. The topological polar surface area (TPSA) is 61.8 Å². The second kappa shape index (κ2) is 12.4. The van der Waals surface area contributed by atoms with Gasteiger partial charge in [-0.05, 0) is 20.3 Å². The average molecular weight is 274 g/mol. The summed E-state index contributed by atoms with van der Waals surface area (Å²) in [4.78, 5) is 13.5. The molecule has 0 bridgehead atoms.